The second-order valence-corrected chi connectivity index (χ2v) is 8.01. The summed E-state index contributed by atoms with van der Waals surface area (Å²) in [5, 5.41) is 0.606. The van der Waals surface area contributed by atoms with Crippen LogP contribution < -0.4 is 4.90 Å². The maximum absolute atomic E-state index is 12.9. The van der Waals surface area contributed by atoms with Gasteiger partial charge in [0, 0.05) is 36.8 Å². The average Bonchev–Trinajstić information content (AvgIpc) is 3.28. The van der Waals surface area contributed by atoms with E-state index in [0.29, 0.717) is 29.9 Å². The van der Waals surface area contributed by atoms with Gasteiger partial charge in [-0.05, 0) is 49.3 Å². The molecule has 3 aliphatic rings. The highest BCUT2D eigenvalue weighted by atomic mass is 35.5. The summed E-state index contributed by atoms with van der Waals surface area (Å²) in [4.78, 5) is 28.9. The molecule has 5 heteroatoms. The molecular formula is C19H23ClN2O2. The van der Waals surface area contributed by atoms with Crippen LogP contribution in [0.25, 0.3) is 0 Å². The standard InChI is InChI=1S/C19H23ClN2O2/c1-21(17-8-12-5-6-13(17)7-12)19(24)14-9-18(23)22(11-14)16-4-2-3-15(20)10-16/h2-4,10,12-14,17H,5-9,11H2,1H3/t12-,13+,14-,17-/m1/s1. The summed E-state index contributed by atoms with van der Waals surface area (Å²) >= 11 is 6.03. The lowest BCUT2D eigenvalue weighted by Gasteiger charge is -2.33. The topological polar surface area (TPSA) is 40.6 Å². The number of halogens is 1. The van der Waals surface area contributed by atoms with Gasteiger partial charge in [0.05, 0.1) is 5.92 Å². The van der Waals surface area contributed by atoms with Crippen molar-refractivity contribution < 1.29 is 9.59 Å². The van der Waals surface area contributed by atoms with Gasteiger partial charge >= 0.3 is 0 Å². The quantitative estimate of drug-likeness (QED) is 0.842. The molecule has 2 saturated carbocycles. The van der Waals surface area contributed by atoms with E-state index in [9.17, 15) is 9.59 Å². The number of nitrogens with zero attached hydrogens (tertiary/aromatic N) is 2. The normalized spacial score (nSPS) is 31.8. The molecule has 4 atom stereocenters. The summed E-state index contributed by atoms with van der Waals surface area (Å²) in [6.07, 6.45) is 5.31. The van der Waals surface area contributed by atoms with Crippen LogP contribution in [-0.4, -0.2) is 36.3 Å². The summed E-state index contributed by atoms with van der Waals surface area (Å²) in [6.45, 7) is 0.461. The van der Waals surface area contributed by atoms with Crippen molar-refractivity contribution in [2.24, 2.45) is 17.8 Å². The van der Waals surface area contributed by atoms with Gasteiger partial charge in [0.15, 0.2) is 0 Å². The Kier molecular flexibility index (Phi) is 4.03. The number of hydrogen-bond donors (Lipinski definition) is 0. The zero-order chi connectivity index (χ0) is 16.8. The predicted octanol–water partition coefficient (Wildman–Crippen LogP) is 3.34. The fraction of sp³-hybridized carbons (Fsp3) is 0.579. The summed E-state index contributed by atoms with van der Waals surface area (Å²) in [5.74, 6) is 1.39. The van der Waals surface area contributed by atoms with E-state index in [1.54, 1.807) is 17.0 Å². The van der Waals surface area contributed by atoms with Crippen molar-refractivity contribution >= 4 is 29.1 Å². The average molecular weight is 347 g/mol. The Balaban J connectivity index is 1.45. The molecule has 0 radical (unpaired) electrons. The molecule has 1 aromatic carbocycles. The number of carbonyl (C=O) groups is 2. The van der Waals surface area contributed by atoms with E-state index >= 15 is 0 Å². The molecule has 4 rings (SSSR count). The van der Waals surface area contributed by atoms with E-state index in [2.05, 4.69) is 0 Å². The largest absolute Gasteiger partial charge is 0.342 e. The summed E-state index contributed by atoms with van der Waals surface area (Å²) < 4.78 is 0. The van der Waals surface area contributed by atoms with Gasteiger partial charge < -0.3 is 9.80 Å². The van der Waals surface area contributed by atoms with Gasteiger partial charge in [-0.15, -0.1) is 0 Å². The highest BCUT2D eigenvalue weighted by Crippen LogP contribution is 2.46. The Labute approximate surface area is 147 Å². The van der Waals surface area contributed by atoms with Crippen LogP contribution >= 0.6 is 11.6 Å². The van der Waals surface area contributed by atoms with E-state index in [0.717, 1.165) is 18.0 Å². The van der Waals surface area contributed by atoms with Gasteiger partial charge in [-0.3, -0.25) is 9.59 Å². The second-order valence-electron chi connectivity index (χ2n) is 7.58. The number of rotatable bonds is 3. The van der Waals surface area contributed by atoms with Gasteiger partial charge in [0.2, 0.25) is 11.8 Å². The number of hydrogen-bond acceptors (Lipinski definition) is 2. The molecule has 1 aliphatic heterocycles. The Morgan fingerprint density at radius 1 is 1.29 bits per heavy atom. The van der Waals surface area contributed by atoms with Gasteiger partial charge in [-0.2, -0.15) is 0 Å². The first-order valence-electron chi connectivity index (χ1n) is 8.85. The molecule has 1 saturated heterocycles. The summed E-state index contributed by atoms with van der Waals surface area (Å²) in [7, 11) is 1.93. The number of fused-ring (bicyclic) bond motifs is 2. The molecule has 0 aromatic heterocycles. The fourth-order valence-electron chi connectivity index (χ4n) is 4.90. The van der Waals surface area contributed by atoms with Crippen molar-refractivity contribution in [3.05, 3.63) is 29.3 Å². The lowest BCUT2D eigenvalue weighted by atomic mass is 9.93. The monoisotopic (exact) mass is 346 g/mol. The first kappa shape index (κ1) is 15.9. The third-order valence-electron chi connectivity index (χ3n) is 6.14. The van der Waals surface area contributed by atoms with Crippen LogP contribution in [0.5, 0.6) is 0 Å². The minimum atomic E-state index is -0.236. The van der Waals surface area contributed by atoms with E-state index in [-0.39, 0.29) is 17.7 Å². The Hall–Kier alpha value is -1.55. The molecule has 0 unspecified atom stereocenters. The maximum Gasteiger partial charge on any atom is 0.228 e. The third-order valence-corrected chi connectivity index (χ3v) is 6.38. The van der Waals surface area contributed by atoms with Gasteiger partial charge in [-0.1, -0.05) is 24.1 Å². The summed E-state index contributed by atoms with van der Waals surface area (Å²) in [5.41, 5.74) is 0.783. The first-order valence-corrected chi connectivity index (χ1v) is 9.23. The van der Waals surface area contributed by atoms with Crippen molar-refractivity contribution in [1.82, 2.24) is 4.90 Å². The SMILES string of the molecule is CN(C(=O)[C@@H]1CC(=O)N(c2cccc(Cl)c2)C1)[C@@H]1C[C@@H]2CC[C@H]1C2. The van der Waals surface area contributed by atoms with Crippen molar-refractivity contribution in [3.63, 3.8) is 0 Å². The lowest BCUT2D eigenvalue weighted by molar-refractivity contribution is -0.137. The van der Waals surface area contributed by atoms with Gasteiger partial charge in [-0.25, -0.2) is 0 Å². The van der Waals surface area contributed by atoms with Crippen LogP contribution in [0.3, 0.4) is 0 Å². The minimum absolute atomic E-state index is 0.0111. The van der Waals surface area contributed by atoms with Crippen molar-refractivity contribution in [2.75, 3.05) is 18.5 Å². The number of anilines is 1. The highest BCUT2D eigenvalue weighted by molar-refractivity contribution is 6.30. The van der Waals surface area contributed by atoms with Crippen molar-refractivity contribution in [1.29, 1.82) is 0 Å². The summed E-state index contributed by atoms with van der Waals surface area (Å²) in [6, 6.07) is 7.66. The molecular weight excluding hydrogens is 324 g/mol. The van der Waals surface area contributed by atoms with Crippen LogP contribution in [-0.2, 0) is 9.59 Å². The Morgan fingerprint density at radius 2 is 2.12 bits per heavy atom. The molecule has 1 heterocycles. The molecule has 24 heavy (non-hydrogen) atoms. The first-order chi connectivity index (χ1) is 11.5. The fourth-order valence-corrected chi connectivity index (χ4v) is 5.09. The smallest absolute Gasteiger partial charge is 0.228 e. The Morgan fingerprint density at radius 3 is 2.79 bits per heavy atom. The van der Waals surface area contributed by atoms with Crippen LogP contribution in [0.15, 0.2) is 24.3 Å². The van der Waals surface area contributed by atoms with Crippen LogP contribution in [0.4, 0.5) is 5.69 Å². The van der Waals surface area contributed by atoms with Crippen molar-refractivity contribution in [2.45, 2.75) is 38.1 Å². The Bertz CT molecular complexity index is 677. The zero-order valence-electron chi connectivity index (χ0n) is 14.0. The predicted molar refractivity (Wildman–Crippen MR) is 93.9 cm³/mol. The van der Waals surface area contributed by atoms with Gasteiger partial charge in [0.1, 0.15) is 0 Å². The van der Waals surface area contributed by atoms with Crippen LogP contribution in [0.2, 0.25) is 5.02 Å². The van der Waals surface area contributed by atoms with Crippen molar-refractivity contribution in [3.8, 4) is 0 Å². The third kappa shape index (κ3) is 2.71. The highest BCUT2D eigenvalue weighted by Gasteiger charge is 2.45. The zero-order valence-corrected chi connectivity index (χ0v) is 14.7. The molecule has 2 amide bonds. The molecule has 4 nitrogen and oxygen atoms in total. The second kappa shape index (κ2) is 6.07. The molecule has 0 spiro atoms. The van der Waals surface area contributed by atoms with E-state index < -0.39 is 0 Å². The molecule has 0 N–H and O–H groups in total. The number of benzene rings is 1. The van der Waals surface area contributed by atoms with E-state index in [1.165, 1.54) is 19.3 Å². The molecule has 2 bridgehead atoms. The molecule has 2 aliphatic carbocycles. The van der Waals surface area contributed by atoms with E-state index in [1.807, 2.05) is 24.1 Å². The van der Waals surface area contributed by atoms with Crippen LogP contribution in [0, 0.1) is 17.8 Å². The van der Waals surface area contributed by atoms with E-state index in [4.69, 9.17) is 11.6 Å². The lowest BCUT2D eigenvalue weighted by Crippen LogP contribution is -2.44. The number of carbonyl (C=O) groups excluding carboxylic acids is 2. The van der Waals surface area contributed by atoms with Gasteiger partial charge in [0.25, 0.3) is 0 Å². The van der Waals surface area contributed by atoms with Crippen LogP contribution in [0.1, 0.15) is 32.1 Å². The number of amides is 2. The molecule has 128 valence electrons. The maximum atomic E-state index is 12.9. The molecule has 1 aromatic rings. The minimum Gasteiger partial charge on any atom is -0.342 e. The molecule has 3 fully saturated rings.